The predicted molar refractivity (Wildman–Crippen MR) is 230 cm³/mol. The first-order chi connectivity index (χ1) is 28.6. The van der Waals surface area contributed by atoms with Crippen molar-refractivity contribution in [3.8, 4) is 74.3 Å². The predicted octanol–water partition coefficient (Wildman–Crippen LogP) is 3.29. The van der Waals surface area contributed by atoms with E-state index in [2.05, 4.69) is 6.08 Å². The average molecular weight is 791 g/mol. The molecule has 8 radical (unpaired) electrons. The lowest BCUT2D eigenvalue weighted by Gasteiger charge is -2.22. The van der Waals surface area contributed by atoms with E-state index >= 15 is 0 Å². The van der Waals surface area contributed by atoms with Gasteiger partial charge in [0.15, 0.2) is 63.1 Å². The Morgan fingerprint density at radius 3 is 2.10 bits per heavy atom. The van der Waals surface area contributed by atoms with E-state index in [9.17, 15) is 46.0 Å². The number of fused-ring (bicyclic) bond motifs is 4. The highest BCUT2D eigenvalue weighted by Crippen LogP contribution is 2.51. The van der Waals surface area contributed by atoms with E-state index in [4.69, 9.17) is 50.8 Å². The number of benzene rings is 4. The number of phenolic OH excluding ortho intramolecular Hbond substituents is 9. The molecule has 0 fully saturated rings. The zero-order valence-electron chi connectivity index (χ0n) is 31.5. The van der Waals surface area contributed by atoms with Crippen LogP contribution in [-0.2, 0) is 6.42 Å². The molecule has 1 atom stereocenters. The first kappa shape index (κ1) is 39.4. The SMILES string of the molecule is [B]c1cc(O)c2oc3c(O)cc(O)c(-c4nc(C5=CC=C6C=CC=CC6C5)nc(C(/C=C\Cc5c([B])c(O)c(-c6c(O)c([B])c([B])c(O)c6O)c(O)c5O)=C/C)n4)c3c2c1. The number of hydrogen-bond donors (Lipinski definition) is 9. The van der Waals surface area contributed by atoms with Crippen molar-refractivity contribution in [2.45, 2.75) is 19.8 Å². The number of hydrogen-bond acceptors (Lipinski definition) is 13. The Kier molecular flexibility index (Phi) is 9.69. The highest BCUT2D eigenvalue weighted by atomic mass is 16.4. The smallest absolute Gasteiger partial charge is 0.178 e. The monoisotopic (exact) mass is 791 g/mol. The Morgan fingerprint density at radius 1 is 0.700 bits per heavy atom. The van der Waals surface area contributed by atoms with Gasteiger partial charge in [-0.1, -0.05) is 77.1 Å². The molecule has 2 aromatic heterocycles. The second-order valence-corrected chi connectivity index (χ2v) is 14.1. The lowest BCUT2D eigenvalue weighted by Crippen LogP contribution is -2.26. The number of phenols is 9. The normalized spacial score (nSPS) is 15.2. The summed E-state index contributed by atoms with van der Waals surface area (Å²) in [4.78, 5) is 14.4. The number of furan rings is 1. The van der Waals surface area contributed by atoms with E-state index in [1.807, 2.05) is 30.4 Å². The molecule has 17 heteroatoms. The molecule has 0 spiro atoms. The molecule has 0 saturated carbocycles. The van der Waals surface area contributed by atoms with Crippen LogP contribution < -0.4 is 21.9 Å². The summed E-state index contributed by atoms with van der Waals surface area (Å²) < 4.78 is 5.87. The molecule has 0 aliphatic heterocycles. The van der Waals surface area contributed by atoms with Crippen LogP contribution in [0.25, 0.3) is 55.6 Å². The zero-order valence-corrected chi connectivity index (χ0v) is 31.5. The Bertz CT molecular complexity index is 3000. The lowest BCUT2D eigenvalue weighted by atomic mass is 9.76. The van der Waals surface area contributed by atoms with Crippen molar-refractivity contribution in [1.29, 1.82) is 0 Å². The molecule has 4 aromatic carbocycles. The third kappa shape index (κ3) is 6.29. The fraction of sp³-hybridized carbons (Fsp3) is 0.0930. The summed E-state index contributed by atoms with van der Waals surface area (Å²) in [7, 11) is 23.7. The van der Waals surface area contributed by atoms with Crippen molar-refractivity contribution >= 4 is 86.3 Å². The van der Waals surface area contributed by atoms with Crippen LogP contribution in [0.1, 0.15) is 30.6 Å². The molecule has 6 aromatic rings. The molecule has 9 N–H and O–H groups in total. The van der Waals surface area contributed by atoms with Crippen LogP contribution in [0.3, 0.4) is 0 Å². The summed E-state index contributed by atoms with van der Waals surface area (Å²) in [6, 6.07) is 3.89. The van der Waals surface area contributed by atoms with Crippen molar-refractivity contribution in [2.75, 3.05) is 0 Å². The van der Waals surface area contributed by atoms with Gasteiger partial charge in [-0.3, -0.25) is 0 Å². The molecule has 2 aliphatic rings. The van der Waals surface area contributed by atoms with Gasteiger partial charge in [0.1, 0.15) is 48.6 Å². The lowest BCUT2D eigenvalue weighted by molar-refractivity contribution is 0.391. The van der Waals surface area contributed by atoms with Crippen molar-refractivity contribution in [3.63, 3.8) is 0 Å². The van der Waals surface area contributed by atoms with Gasteiger partial charge in [-0.05, 0) is 48.0 Å². The maximum Gasteiger partial charge on any atom is 0.178 e. The van der Waals surface area contributed by atoms with Gasteiger partial charge in [-0.25, -0.2) is 15.0 Å². The van der Waals surface area contributed by atoms with E-state index in [0.717, 1.165) is 17.2 Å². The Labute approximate surface area is 346 Å². The van der Waals surface area contributed by atoms with Crippen molar-refractivity contribution in [1.82, 2.24) is 15.0 Å². The van der Waals surface area contributed by atoms with Gasteiger partial charge < -0.3 is 50.4 Å². The molecule has 2 aliphatic carbocycles. The molecule has 288 valence electrons. The van der Waals surface area contributed by atoms with E-state index in [1.165, 1.54) is 18.2 Å². The molecular formula is C43H29B4N3O10. The zero-order chi connectivity index (χ0) is 42.9. The molecule has 13 nitrogen and oxygen atoms in total. The number of nitrogens with zero attached hydrogens (tertiary/aromatic N) is 3. The maximum atomic E-state index is 11.4. The fourth-order valence-corrected chi connectivity index (χ4v) is 7.46. The largest absolute Gasteiger partial charge is 0.508 e. The van der Waals surface area contributed by atoms with Gasteiger partial charge in [-0.15, -0.1) is 0 Å². The summed E-state index contributed by atoms with van der Waals surface area (Å²) in [6.45, 7) is 1.72. The Balaban J connectivity index is 1.25. The van der Waals surface area contributed by atoms with Crippen LogP contribution in [0.4, 0.5) is 0 Å². The highest BCUT2D eigenvalue weighted by Gasteiger charge is 2.30. The second-order valence-electron chi connectivity index (χ2n) is 14.1. The first-order valence-electron chi connectivity index (χ1n) is 18.2. The Hall–Kier alpha value is -7.41. The summed E-state index contributed by atoms with van der Waals surface area (Å²) in [6.07, 6.45) is 17.0. The van der Waals surface area contributed by atoms with E-state index in [-0.39, 0.29) is 74.1 Å². The van der Waals surface area contributed by atoms with Gasteiger partial charge in [0.25, 0.3) is 0 Å². The fourth-order valence-electron chi connectivity index (χ4n) is 7.46. The first-order valence-corrected chi connectivity index (χ1v) is 18.2. The molecular weight excluding hydrogens is 762 g/mol. The minimum atomic E-state index is -1.04. The molecule has 0 saturated heterocycles. The van der Waals surface area contributed by atoms with Gasteiger partial charge in [0, 0.05) is 28.3 Å². The summed E-state index contributed by atoms with van der Waals surface area (Å²) >= 11 is 0. The number of aromatic nitrogens is 3. The summed E-state index contributed by atoms with van der Waals surface area (Å²) in [5.41, 5.74) is -0.719. The molecule has 0 amide bonds. The second kappa shape index (κ2) is 14.8. The third-order valence-electron chi connectivity index (χ3n) is 10.5. The summed E-state index contributed by atoms with van der Waals surface area (Å²) in [5, 5.41) is 98.2. The minimum absolute atomic E-state index is 0.00898. The maximum absolute atomic E-state index is 11.4. The third-order valence-corrected chi connectivity index (χ3v) is 10.5. The van der Waals surface area contributed by atoms with E-state index in [0.29, 0.717) is 12.0 Å². The van der Waals surface area contributed by atoms with Gasteiger partial charge in [-0.2, -0.15) is 0 Å². The van der Waals surface area contributed by atoms with E-state index in [1.54, 1.807) is 19.1 Å². The highest BCUT2D eigenvalue weighted by molar-refractivity contribution is 6.52. The molecule has 0 bridgehead atoms. The van der Waals surface area contributed by atoms with Crippen molar-refractivity contribution < 1.29 is 50.4 Å². The topological polar surface area (TPSA) is 234 Å². The van der Waals surface area contributed by atoms with Crippen LogP contribution in [0.5, 0.6) is 51.7 Å². The number of allylic oxidation sites excluding steroid dienone is 12. The number of aromatic hydroxyl groups is 9. The van der Waals surface area contributed by atoms with Crippen LogP contribution >= 0.6 is 0 Å². The van der Waals surface area contributed by atoms with Crippen LogP contribution in [0.15, 0.2) is 82.9 Å². The van der Waals surface area contributed by atoms with Crippen LogP contribution in [-0.4, -0.2) is 92.3 Å². The average Bonchev–Trinajstić information content (AvgIpc) is 3.62. The van der Waals surface area contributed by atoms with Gasteiger partial charge in [0.2, 0.25) is 0 Å². The Morgan fingerprint density at radius 2 is 1.37 bits per heavy atom. The van der Waals surface area contributed by atoms with E-state index < -0.39 is 73.5 Å². The van der Waals surface area contributed by atoms with Crippen molar-refractivity contribution in [3.05, 3.63) is 95.7 Å². The summed E-state index contributed by atoms with van der Waals surface area (Å²) in [5.74, 6) is -6.23. The standard InChI is InChI=1S/C43H29B4N3O10/c1-2-16(8-5-9-21-30(45)34(55)28(36(57)33(21)54)29-35(56)31(46)32(47)38(59)37(29)58)41-48-42(19-11-10-17-6-3-4-7-18(17)12-19)50-43(49-41)27-23(51)15-25(53)40-26(27)22-13-20(44)14-24(52)39(22)60-40/h2-8,10-11,13-15,18,51-59H,9,12H2,1H3/b8-5-,16-2+. The molecule has 60 heavy (non-hydrogen) atoms. The van der Waals surface area contributed by atoms with Gasteiger partial charge >= 0.3 is 0 Å². The number of rotatable bonds is 7. The molecule has 2 heterocycles. The van der Waals surface area contributed by atoms with Gasteiger partial charge in [0.05, 0.1) is 16.7 Å². The van der Waals surface area contributed by atoms with Crippen LogP contribution in [0, 0.1) is 5.92 Å². The molecule has 8 rings (SSSR count). The van der Waals surface area contributed by atoms with Crippen molar-refractivity contribution in [2.24, 2.45) is 5.92 Å². The van der Waals surface area contributed by atoms with Crippen LogP contribution in [0.2, 0.25) is 0 Å². The molecule has 1 unspecified atom stereocenters. The quantitative estimate of drug-likeness (QED) is 0.0490. The minimum Gasteiger partial charge on any atom is -0.508 e.